The van der Waals surface area contributed by atoms with Crippen LogP contribution in [0.5, 0.6) is 0 Å². The monoisotopic (exact) mass is 298 g/mol. The second-order valence-corrected chi connectivity index (χ2v) is 6.73. The zero-order valence-corrected chi connectivity index (χ0v) is 12.9. The molecule has 0 bridgehead atoms. The normalized spacial score (nSPS) is 30.2. The van der Waals surface area contributed by atoms with Crippen LogP contribution in [0.15, 0.2) is 0 Å². The average Bonchev–Trinajstić information content (AvgIpc) is 2.68. The summed E-state index contributed by atoms with van der Waals surface area (Å²) in [5.74, 6) is -0.0575. The van der Waals surface area contributed by atoms with Crippen LogP contribution in [0.1, 0.15) is 64.2 Å². The van der Waals surface area contributed by atoms with Crippen molar-refractivity contribution in [3.8, 4) is 0 Å². The molecule has 2 atom stereocenters. The van der Waals surface area contributed by atoms with Crippen LogP contribution in [0.2, 0.25) is 0 Å². The molecule has 0 aliphatic heterocycles. The third-order valence-corrected chi connectivity index (χ3v) is 5.30. The van der Waals surface area contributed by atoms with Crippen molar-refractivity contribution in [3.05, 3.63) is 0 Å². The molecule has 114 valence electrons. The van der Waals surface area contributed by atoms with E-state index in [0.717, 1.165) is 64.2 Å². The first-order valence-electron chi connectivity index (χ1n) is 7.85. The molecule has 4 N–H and O–H groups in total. The molecule has 0 spiro atoms. The van der Waals surface area contributed by atoms with Gasteiger partial charge in [0, 0.05) is 0 Å². The highest BCUT2D eigenvalue weighted by molar-refractivity contribution is 7.80. The molecule has 2 saturated carbocycles. The van der Waals surface area contributed by atoms with E-state index in [1.54, 1.807) is 0 Å². The number of carbonyl (C=O) groups is 1. The summed E-state index contributed by atoms with van der Waals surface area (Å²) >= 11 is 5.22. The molecule has 1 amide bonds. The fourth-order valence-corrected chi connectivity index (χ4v) is 3.80. The number of thiocarbonyl (C=S) groups is 1. The molecule has 5 heteroatoms. The molecule has 0 aromatic carbocycles. The van der Waals surface area contributed by atoms with Gasteiger partial charge in [0.2, 0.25) is 5.91 Å². The van der Waals surface area contributed by atoms with E-state index in [1.807, 2.05) is 0 Å². The van der Waals surface area contributed by atoms with E-state index in [4.69, 9.17) is 18.0 Å². The number of hydrogen-bond donors (Lipinski definition) is 3. The predicted molar refractivity (Wildman–Crippen MR) is 83.3 cm³/mol. The summed E-state index contributed by atoms with van der Waals surface area (Å²) in [5.41, 5.74) is 5.23. The molecule has 2 fully saturated rings. The van der Waals surface area contributed by atoms with E-state index in [2.05, 4.69) is 5.32 Å². The molecule has 0 saturated heterocycles. The molecule has 2 aliphatic carbocycles. The van der Waals surface area contributed by atoms with Crippen molar-refractivity contribution < 1.29 is 9.90 Å². The number of amides is 1. The van der Waals surface area contributed by atoms with Crippen LogP contribution in [0, 0.1) is 5.41 Å². The molecule has 0 heterocycles. The van der Waals surface area contributed by atoms with Crippen LogP contribution in [-0.4, -0.2) is 28.1 Å². The van der Waals surface area contributed by atoms with Gasteiger partial charge in [-0.1, -0.05) is 50.7 Å². The molecule has 0 aromatic rings. The van der Waals surface area contributed by atoms with Gasteiger partial charge in [-0.05, 0) is 25.7 Å². The number of aliphatic hydroxyl groups is 1. The van der Waals surface area contributed by atoms with E-state index in [-0.39, 0.29) is 11.9 Å². The van der Waals surface area contributed by atoms with Gasteiger partial charge in [-0.3, -0.25) is 4.79 Å². The summed E-state index contributed by atoms with van der Waals surface area (Å²) in [6, 6.07) is -0.134. The van der Waals surface area contributed by atoms with Crippen LogP contribution in [-0.2, 0) is 4.79 Å². The first kappa shape index (κ1) is 15.7. The zero-order chi connectivity index (χ0) is 14.6. The quantitative estimate of drug-likeness (QED) is 0.550. The standard InChI is InChI=1S/C15H26N2O2S/c16-13(20)15(9-5-1-2-6-10-15)14(19)17-11-7-3-4-8-12(11)18/h11-12,18H,1-10H2,(H2,16,20)(H,17,19). The maximum absolute atomic E-state index is 12.7. The summed E-state index contributed by atoms with van der Waals surface area (Å²) in [4.78, 5) is 13.1. The Bertz CT molecular complexity index is 365. The van der Waals surface area contributed by atoms with Crippen molar-refractivity contribution in [2.24, 2.45) is 11.1 Å². The number of carbonyl (C=O) groups excluding carboxylic acids is 1. The first-order chi connectivity index (χ1) is 9.56. The lowest BCUT2D eigenvalue weighted by molar-refractivity contribution is -0.130. The van der Waals surface area contributed by atoms with Crippen molar-refractivity contribution >= 4 is 23.1 Å². The molecule has 0 radical (unpaired) electrons. The van der Waals surface area contributed by atoms with Crippen molar-refractivity contribution in [2.45, 2.75) is 76.4 Å². The Morgan fingerprint density at radius 2 is 1.70 bits per heavy atom. The van der Waals surface area contributed by atoms with E-state index >= 15 is 0 Å². The summed E-state index contributed by atoms with van der Waals surface area (Å²) in [7, 11) is 0. The van der Waals surface area contributed by atoms with Crippen molar-refractivity contribution in [2.75, 3.05) is 0 Å². The summed E-state index contributed by atoms with van der Waals surface area (Å²) in [6.07, 6.45) is 9.06. The summed E-state index contributed by atoms with van der Waals surface area (Å²) < 4.78 is 0. The van der Waals surface area contributed by atoms with Gasteiger partial charge >= 0.3 is 0 Å². The minimum absolute atomic E-state index is 0.0575. The van der Waals surface area contributed by atoms with Gasteiger partial charge in [0.05, 0.1) is 22.5 Å². The number of hydrogen-bond acceptors (Lipinski definition) is 3. The molecule has 2 rings (SSSR count). The van der Waals surface area contributed by atoms with Crippen molar-refractivity contribution in [1.29, 1.82) is 0 Å². The van der Waals surface area contributed by atoms with Gasteiger partial charge < -0.3 is 16.2 Å². The van der Waals surface area contributed by atoms with Crippen LogP contribution < -0.4 is 11.1 Å². The molecule has 0 aromatic heterocycles. The summed E-state index contributed by atoms with van der Waals surface area (Å²) in [5, 5.41) is 13.0. The molecule has 4 nitrogen and oxygen atoms in total. The lowest BCUT2D eigenvalue weighted by Crippen LogP contribution is -2.54. The lowest BCUT2D eigenvalue weighted by atomic mass is 9.78. The molecular formula is C15H26N2O2S. The molecule has 20 heavy (non-hydrogen) atoms. The second kappa shape index (κ2) is 6.85. The van der Waals surface area contributed by atoms with E-state index < -0.39 is 11.5 Å². The maximum atomic E-state index is 12.7. The molecular weight excluding hydrogens is 272 g/mol. The van der Waals surface area contributed by atoms with Gasteiger partial charge in [-0.15, -0.1) is 0 Å². The lowest BCUT2D eigenvalue weighted by Gasteiger charge is -2.35. The van der Waals surface area contributed by atoms with Gasteiger partial charge in [-0.2, -0.15) is 0 Å². The fraction of sp³-hybridized carbons (Fsp3) is 0.867. The van der Waals surface area contributed by atoms with Crippen LogP contribution in [0.3, 0.4) is 0 Å². The topological polar surface area (TPSA) is 75.4 Å². The fourth-order valence-electron chi connectivity index (χ4n) is 3.50. The zero-order valence-electron chi connectivity index (χ0n) is 12.1. The minimum atomic E-state index is -0.691. The highest BCUT2D eigenvalue weighted by Crippen LogP contribution is 2.36. The Balaban J connectivity index is 2.08. The highest BCUT2D eigenvalue weighted by atomic mass is 32.1. The van der Waals surface area contributed by atoms with Gasteiger partial charge in [0.15, 0.2) is 0 Å². The first-order valence-corrected chi connectivity index (χ1v) is 8.26. The van der Waals surface area contributed by atoms with E-state index in [1.165, 1.54) is 0 Å². The molecule has 2 aliphatic rings. The number of nitrogens with two attached hydrogens (primary N) is 1. The Labute approximate surface area is 126 Å². The minimum Gasteiger partial charge on any atom is -0.392 e. The second-order valence-electron chi connectivity index (χ2n) is 6.29. The number of aliphatic hydroxyl groups excluding tert-OH is 1. The predicted octanol–water partition coefficient (Wildman–Crippen LogP) is 2.03. The summed E-state index contributed by atoms with van der Waals surface area (Å²) in [6.45, 7) is 0. The van der Waals surface area contributed by atoms with Crippen LogP contribution in [0.4, 0.5) is 0 Å². The molecule has 2 unspecified atom stereocenters. The van der Waals surface area contributed by atoms with Crippen molar-refractivity contribution in [1.82, 2.24) is 5.32 Å². The third-order valence-electron chi connectivity index (χ3n) is 4.91. The highest BCUT2D eigenvalue weighted by Gasteiger charge is 2.42. The SMILES string of the molecule is NC(=S)C1(C(=O)NC2CCCCC2O)CCCCCC1. The number of rotatable bonds is 3. The van der Waals surface area contributed by atoms with E-state index in [9.17, 15) is 9.90 Å². The Kier molecular flexibility index (Phi) is 5.38. The van der Waals surface area contributed by atoms with Crippen LogP contribution in [0.25, 0.3) is 0 Å². The number of nitrogens with one attached hydrogen (secondary N) is 1. The van der Waals surface area contributed by atoms with Gasteiger partial charge in [0.25, 0.3) is 0 Å². The van der Waals surface area contributed by atoms with Gasteiger partial charge in [-0.25, -0.2) is 0 Å². The maximum Gasteiger partial charge on any atom is 0.233 e. The Hall–Kier alpha value is -0.680. The Morgan fingerprint density at radius 1 is 1.10 bits per heavy atom. The Morgan fingerprint density at radius 3 is 2.25 bits per heavy atom. The average molecular weight is 298 g/mol. The smallest absolute Gasteiger partial charge is 0.233 e. The van der Waals surface area contributed by atoms with Gasteiger partial charge in [0.1, 0.15) is 0 Å². The van der Waals surface area contributed by atoms with Crippen molar-refractivity contribution in [3.63, 3.8) is 0 Å². The third kappa shape index (κ3) is 3.31. The largest absolute Gasteiger partial charge is 0.392 e. The van der Waals surface area contributed by atoms with Crippen LogP contribution >= 0.6 is 12.2 Å². The van der Waals surface area contributed by atoms with E-state index in [0.29, 0.717) is 4.99 Å².